The first-order chi connectivity index (χ1) is 10.2. The molecule has 1 unspecified atom stereocenters. The highest BCUT2D eigenvalue weighted by molar-refractivity contribution is 5.46. The molecule has 3 nitrogen and oxygen atoms in total. The van der Waals surface area contributed by atoms with Crippen LogP contribution in [0, 0.1) is 6.92 Å². The Morgan fingerprint density at radius 1 is 1.00 bits per heavy atom. The van der Waals surface area contributed by atoms with Gasteiger partial charge in [0.05, 0.1) is 20.3 Å². The van der Waals surface area contributed by atoms with E-state index >= 15 is 0 Å². The zero-order valence-electron chi connectivity index (χ0n) is 12.8. The molecule has 3 rings (SSSR count). The highest BCUT2D eigenvalue weighted by Crippen LogP contribution is 2.33. The van der Waals surface area contributed by atoms with E-state index in [0.717, 1.165) is 24.5 Å². The fraction of sp³-hybridized carbons (Fsp3) is 0.333. The Labute approximate surface area is 125 Å². The molecule has 0 saturated heterocycles. The molecule has 0 amide bonds. The Hall–Kier alpha value is -2.00. The fourth-order valence-corrected chi connectivity index (χ4v) is 2.99. The predicted molar refractivity (Wildman–Crippen MR) is 84.3 cm³/mol. The van der Waals surface area contributed by atoms with Crippen molar-refractivity contribution in [2.24, 2.45) is 0 Å². The number of fused-ring (bicyclic) bond motifs is 1. The summed E-state index contributed by atoms with van der Waals surface area (Å²) in [6.45, 7) is 3.13. The lowest BCUT2D eigenvalue weighted by Gasteiger charge is -2.28. The minimum absolute atomic E-state index is 0.193. The van der Waals surface area contributed by atoms with Crippen molar-refractivity contribution in [3.05, 3.63) is 58.7 Å². The van der Waals surface area contributed by atoms with Gasteiger partial charge in [-0.3, -0.25) is 0 Å². The lowest BCUT2D eigenvalue weighted by Crippen LogP contribution is -2.30. The summed E-state index contributed by atoms with van der Waals surface area (Å²) in [5.74, 6) is 1.65. The van der Waals surface area contributed by atoms with Gasteiger partial charge in [-0.05, 0) is 42.2 Å². The lowest BCUT2D eigenvalue weighted by atomic mass is 9.89. The second kappa shape index (κ2) is 5.78. The van der Waals surface area contributed by atoms with Crippen LogP contribution in [0.4, 0.5) is 0 Å². The van der Waals surface area contributed by atoms with Crippen LogP contribution in [0.25, 0.3) is 0 Å². The number of nitrogens with one attached hydrogen (secondary N) is 1. The molecule has 1 heterocycles. The number of rotatable bonds is 3. The quantitative estimate of drug-likeness (QED) is 0.938. The molecule has 2 aromatic carbocycles. The van der Waals surface area contributed by atoms with Crippen molar-refractivity contribution >= 4 is 0 Å². The molecule has 3 heteroatoms. The van der Waals surface area contributed by atoms with Crippen LogP contribution in [0.5, 0.6) is 11.5 Å². The average Bonchev–Trinajstić information content (AvgIpc) is 2.53. The number of benzene rings is 2. The van der Waals surface area contributed by atoms with Crippen LogP contribution >= 0.6 is 0 Å². The number of methoxy groups -OCH3 is 2. The number of hydrogen-bond donors (Lipinski definition) is 1. The highest BCUT2D eigenvalue weighted by atomic mass is 16.5. The van der Waals surface area contributed by atoms with Crippen molar-refractivity contribution in [3.8, 4) is 11.5 Å². The van der Waals surface area contributed by atoms with Crippen LogP contribution in [0.1, 0.15) is 28.3 Å². The van der Waals surface area contributed by atoms with Gasteiger partial charge < -0.3 is 14.8 Å². The van der Waals surface area contributed by atoms with Crippen molar-refractivity contribution in [2.45, 2.75) is 19.4 Å². The Morgan fingerprint density at radius 2 is 1.71 bits per heavy atom. The minimum Gasteiger partial charge on any atom is -0.497 e. The monoisotopic (exact) mass is 283 g/mol. The van der Waals surface area contributed by atoms with E-state index in [2.05, 4.69) is 42.6 Å². The number of hydrogen-bond acceptors (Lipinski definition) is 3. The van der Waals surface area contributed by atoms with E-state index in [-0.39, 0.29) is 6.04 Å². The van der Waals surface area contributed by atoms with Crippen LogP contribution in [-0.4, -0.2) is 20.8 Å². The predicted octanol–water partition coefficient (Wildman–Crippen LogP) is 3.25. The normalized spacial score (nSPS) is 17.2. The van der Waals surface area contributed by atoms with Gasteiger partial charge in [-0.2, -0.15) is 0 Å². The highest BCUT2D eigenvalue weighted by Gasteiger charge is 2.22. The summed E-state index contributed by atoms with van der Waals surface area (Å²) in [5.41, 5.74) is 5.27. The third kappa shape index (κ3) is 2.74. The molecule has 0 saturated carbocycles. The molecule has 2 aromatic rings. The molecule has 0 bridgehead atoms. The first-order valence-electron chi connectivity index (χ1n) is 7.27. The van der Waals surface area contributed by atoms with Crippen molar-refractivity contribution in [2.75, 3.05) is 20.8 Å². The van der Waals surface area contributed by atoms with Gasteiger partial charge in [-0.15, -0.1) is 0 Å². The maximum absolute atomic E-state index is 5.39. The van der Waals surface area contributed by atoms with E-state index < -0.39 is 0 Å². The van der Waals surface area contributed by atoms with Crippen LogP contribution in [0.3, 0.4) is 0 Å². The summed E-state index contributed by atoms with van der Waals surface area (Å²) < 4.78 is 10.8. The van der Waals surface area contributed by atoms with Crippen molar-refractivity contribution in [3.63, 3.8) is 0 Å². The van der Waals surface area contributed by atoms with Crippen LogP contribution in [-0.2, 0) is 6.42 Å². The van der Waals surface area contributed by atoms with Gasteiger partial charge in [0.25, 0.3) is 0 Å². The van der Waals surface area contributed by atoms with Gasteiger partial charge in [0.2, 0.25) is 0 Å². The molecular formula is C18H21NO2. The summed E-state index contributed by atoms with van der Waals surface area (Å²) in [4.78, 5) is 0. The zero-order chi connectivity index (χ0) is 14.8. The molecule has 1 aliphatic rings. The van der Waals surface area contributed by atoms with E-state index in [4.69, 9.17) is 9.47 Å². The maximum atomic E-state index is 5.39. The van der Waals surface area contributed by atoms with Gasteiger partial charge in [0.15, 0.2) is 0 Å². The fourth-order valence-electron chi connectivity index (χ4n) is 2.99. The molecule has 0 aliphatic carbocycles. The molecule has 0 aromatic heterocycles. The van der Waals surface area contributed by atoms with Gasteiger partial charge in [-0.25, -0.2) is 0 Å². The summed E-state index contributed by atoms with van der Waals surface area (Å²) >= 11 is 0. The van der Waals surface area contributed by atoms with E-state index in [1.54, 1.807) is 14.2 Å². The molecule has 1 atom stereocenters. The summed E-state index contributed by atoms with van der Waals surface area (Å²) in [7, 11) is 3.37. The second-order valence-electron chi connectivity index (χ2n) is 5.49. The van der Waals surface area contributed by atoms with Gasteiger partial charge in [-0.1, -0.05) is 23.8 Å². The van der Waals surface area contributed by atoms with Crippen LogP contribution in [0.15, 0.2) is 36.4 Å². The zero-order valence-corrected chi connectivity index (χ0v) is 12.8. The molecule has 0 spiro atoms. The number of aryl methyl sites for hydroxylation is 1. The topological polar surface area (TPSA) is 30.5 Å². The molecular weight excluding hydrogens is 262 g/mol. The largest absolute Gasteiger partial charge is 0.497 e. The maximum Gasteiger partial charge on any atom is 0.122 e. The molecule has 1 N–H and O–H groups in total. The van der Waals surface area contributed by atoms with E-state index in [1.165, 1.54) is 22.3 Å². The minimum atomic E-state index is 0.193. The van der Waals surface area contributed by atoms with Crippen LogP contribution in [0.2, 0.25) is 0 Å². The molecule has 110 valence electrons. The Balaban J connectivity index is 2.06. The Bertz CT molecular complexity index is 629. The standard InChI is InChI=1S/C18H21NO2/c1-12-4-5-17-13(8-12)6-7-19-18(17)14-9-15(20-2)11-16(10-14)21-3/h4-5,8-11,18-19H,6-7H2,1-3H3. The lowest BCUT2D eigenvalue weighted by molar-refractivity contribution is 0.392. The first-order valence-corrected chi connectivity index (χ1v) is 7.27. The third-order valence-corrected chi connectivity index (χ3v) is 4.06. The Morgan fingerprint density at radius 3 is 2.38 bits per heavy atom. The van der Waals surface area contributed by atoms with E-state index in [9.17, 15) is 0 Å². The average molecular weight is 283 g/mol. The molecule has 21 heavy (non-hydrogen) atoms. The summed E-state index contributed by atoms with van der Waals surface area (Å²) in [6, 6.07) is 13.0. The molecule has 0 radical (unpaired) electrons. The molecule has 0 fully saturated rings. The summed E-state index contributed by atoms with van der Waals surface area (Å²) in [5, 5.41) is 3.60. The van der Waals surface area contributed by atoms with Crippen molar-refractivity contribution in [1.82, 2.24) is 5.32 Å². The van der Waals surface area contributed by atoms with Crippen LogP contribution < -0.4 is 14.8 Å². The van der Waals surface area contributed by atoms with E-state index in [1.807, 2.05) is 6.07 Å². The number of ether oxygens (including phenoxy) is 2. The Kier molecular flexibility index (Phi) is 3.84. The first kappa shape index (κ1) is 14.0. The smallest absolute Gasteiger partial charge is 0.122 e. The van der Waals surface area contributed by atoms with E-state index in [0.29, 0.717) is 0 Å². The SMILES string of the molecule is COc1cc(OC)cc(C2NCCc3cc(C)ccc32)c1. The summed E-state index contributed by atoms with van der Waals surface area (Å²) in [6.07, 6.45) is 1.08. The van der Waals surface area contributed by atoms with Crippen molar-refractivity contribution < 1.29 is 9.47 Å². The second-order valence-corrected chi connectivity index (χ2v) is 5.49. The third-order valence-electron chi connectivity index (χ3n) is 4.06. The van der Waals surface area contributed by atoms with Crippen molar-refractivity contribution in [1.29, 1.82) is 0 Å². The molecule has 1 aliphatic heterocycles. The van der Waals surface area contributed by atoms with Gasteiger partial charge in [0.1, 0.15) is 11.5 Å². The van der Waals surface area contributed by atoms with Gasteiger partial charge >= 0.3 is 0 Å². The van der Waals surface area contributed by atoms with Gasteiger partial charge in [0, 0.05) is 12.6 Å².